The average Bonchev–Trinajstić information content (AvgIpc) is 2.56. The Balaban J connectivity index is 1.66. The monoisotopic (exact) mass is 302 g/mol. The molecule has 1 saturated carbocycles. The molecular weight excluding hydrogens is 276 g/mol. The zero-order valence-electron chi connectivity index (χ0n) is 12.8. The number of likely N-dealkylation sites (tertiary alicyclic amines) is 1. The SMILES string of the molecule is S=C(Nc1ccccc1)[C@@H]1CCCC[C@H]1N1CCCCC1. The molecule has 21 heavy (non-hydrogen) atoms. The van der Waals surface area contributed by atoms with Crippen LogP contribution in [0.1, 0.15) is 44.9 Å². The summed E-state index contributed by atoms with van der Waals surface area (Å²) in [5, 5.41) is 3.49. The van der Waals surface area contributed by atoms with Gasteiger partial charge in [-0.2, -0.15) is 0 Å². The molecule has 3 heteroatoms. The lowest BCUT2D eigenvalue weighted by Gasteiger charge is -2.42. The van der Waals surface area contributed by atoms with Crippen LogP contribution in [0.5, 0.6) is 0 Å². The number of nitrogens with one attached hydrogen (secondary N) is 1. The largest absolute Gasteiger partial charge is 0.350 e. The molecule has 2 fully saturated rings. The van der Waals surface area contributed by atoms with E-state index in [1.165, 1.54) is 58.0 Å². The van der Waals surface area contributed by atoms with Crippen LogP contribution >= 0.6 is 12.2 Å². The summed E-state index contributed by atoms with van der Waals surface area (Å²) in [5.74, 6) is 0.534. The molecule has 1 aromatic rings. The van der Waals surface area contributed by atoms with Crippen molar-refractivity contribution in [2.45, 2.75) is 51.0 Å². The van der Waals surface area contributed by atoms with Crippen LogP contribution in [0.3, 0.4) is 0 Å². The highest BCUT2D eigenvalue weighted by molar-refractivity contribution is 7.80. The van der Waals surface area contributed by atoms with E-state index < -0.39 is 0 Å². The molecule has 0 radical (unpaired) electrons. The molecule has 2 atom stereocenters. The Morgan fingerprint density at radius 2 is 1.67 bits per heavy atom. The Morgan fingerprint density at radius 1 is 0.952 bits per heavy atom. The van der Waals surface area contributed by atoms with E-state index >= 15 is 0 Å². The average molecular weight is 302 g/mol. The standard InChI is InChI=1S/C18H26N2S/c21-18(19-15-9-3-1-4-10-15)16-11-5-6-12-17(16)20-13-7-2-8-14-20/h1,3-4,9-10,16-17H,2,5-8,11-14H2,(H,19,21)/t16-,17-/m1/s1. The van der Waals surface area contributed by atoms with Crippen molar-refractivity contribution in [1.29, 1.82) is 0 Å². The molecule has 1 saturated heterocycles. The van der Waals surface area contributed by atoms with Gasteiger partial charge in [0.05, 0.1) is 4.99 Å². The number of anilines is 1. The summed E-state index contributed by atoms with van der Waals surface area (Å²) < 4.78 is 0. The van der Waals surface area contributed by atoms with E-state index in [9.17, 15) is 0 Å². The van der Waals surface area contributed by atoms with Crippen LogP contribution in [0.4, 0.5) is 5.69 Å². The Kier molecular flexibility index (Phi) is 5.26. The molecular formula is C18H26N2S. The third-order valence-corrected chi connectivity index (χ3v) is 5.37. The second kappa shape index (κ2) is 7.37. The quantitative estimate of drug-likeness (QED) is 0.829. The van der Waals surface area contributed by atoms with E-state index in [4.69, 9.17) is 12.2 Å². The maximum absolute atomic E-state index is 5.76. The van der Waals surface area contributed by atoms with Crippen molar-refractivity contribution in [3.63, 3.8) is 0 Å². The second-order valence-electron chi connectivity index (χ2n) is 6.41. The maximum Gasteiger partial charge on any atom is 0.0844 e. The van der Waals surface area contributed by atoms with Crippen LogP contribution < -0.4 is 5.32 Å². The van der Waals surface area contributed by atoms with Crippen molar-refractivity contribution >= 4 is 22.9 Å². The van der Waals surface area contributed by atoms with Gasteiger partial charge in [0.2, 0.25) is 0 Å². The molecule has 0 spiro atoms. The van der Waals surface area contributed by atoms with Gasteiger partial charge in [-0.1, -0.05) is 49.7 Å². The Labute approximate surface area is 133 Å². The third-order valence-electron chi connectivity index (χ3n) is 4.97. The molecule has 1 N–H and O–H groups in total. The summed E-state index contributed by atoms with van der Waals surface area (Å²) in [4.78, 5) is 3.77. The van der Waals surface area contributed by atoms with Gasteiger partial charge >= 0.3 is 0 Å². The number of para-hydroxylation sites is 1. The van der Waals surface area contributed by atoms with Crippen molar-refractivity contribution in [3.05, 3.63) is 30.3 Å². The molecule has 0 unspecified atom stereocenters. The minimum absolute atomic E-state index is 0.534. The van der Waals surface area contributed by atoms with Crippen LogP contribution in [-0.2, 0) is 0 Å². The van der Waals surface area contributed by atoms with Gasteiger partial charge in [0, 0.05) is 17.6 Å². The first kappa shape index (κ1) is 15.0. The lowest BCUT2D eigenvalue weighted by molar-refractivity contribution is 0.110. The molecule has 3 rings (SSSR count). The molecule has 0 bridgehead atoms. The fourth-order valence-corrected chi connectivity index (χ4v) is 4.25. The number of rotatable bonds is 3. The first-order valence-electron chi connectivity index (χ1n) is 8.44. The molecule has 2 aliphatic rings. The number of thiocarbonyl (C=S) groups is 1. The van der Waals surface area contributed by atoms with Crippen molar-refractivity contribution < 1.29 is 0 Å². The number of benzene rings is 1. The fraction of sp³-hybridized carbons (Fsp3) is 0.611. The van der Waals surface area contributed by atoms with E-state index in [2.05, 4.69) is 34.5 Å². The third kappa shape index (κ3) is 3.83. The Morgan fingerprint density at radius 3 is 2.43 bits per heavy atom. The predicted octanol–water partition coefficient (Wildman–Crippen LogP) is 4.47. The van der Waals surface area contributed by atoms with Crippen LogP contribution in [0.15, 0.2) is 30.3 Å². The summed E-state index contributed by atoms with van der Waals surface area (Å²) in [6.45, 7) is 2.55. The van der Waals surface area contributed by atoms with Gasteiger partial charge in [0.25, 0.3) is 0 Å². The molecule has 0 amide bonds. The van der Waals surface area contributed by atoms with E-state index in [0.29, 0.717) is 12.0 Å². The smallest absolute Gasteiger partial charge is 0.0844 e. The number of piperidine rings is 1. The van der Waals surface area contributed by atoms with E-state index in [1.807, 2.05) is 6.07 Å². The van der Waals surface area contributed by atoms with Gasteiger partial charge in [-0.05, 0) is 50.9 Å². The van der Waals surface area contributed by atoms with E-state index in [0.717, 1.165) is 10.7 Å². The predicted molar refractivity (Wildman–Crippen MR) is 93.8 cm³/mol. The van der Waals surface area contributed by atoms with Crippen LogP contribution in [0.2, 0.25) is 0 Å². The minimum atomic E-state index is 0.534. The Bertz CT molecular complexity index is 454. The topological polar surface area (TPSA) is 15.3 Å². The van der Waals surface area contributed by atoms with Crippen molar-refractivity contribution in [2.75, 3.05) is 18.4 Å². The minimum Gasteiger partial charge on any atom is -0.350 e. The van der Waals surface area contributed by atoms with E-state index in [-0.39, 0.29) is 0 Å². The maximum atomic E-state index is 5.76. The number of nitrogens with zero attached hydrogens (tertiary/aromatic N) is 1. The molecule has 1 aliphatic heterocycles. The first-order valence-corrected chi connectivity index (χ1v) is 8.85. The molecule has 2 nitrogen and oxygen atoms in total. The van der Waals surface area contributed by atoms with Gasteiger partial charge in [0.15, 0.2) is 0 Å². The van der Waals surface area contributed by atoms with Crippen molar-refractivity contribution in [2.24, 2.45) is 5.92 Å². The van der Waals surface area contributed by atoms with Crippen LogP contribution in [0, 0.1) is 5.92 Å². The van der Waals surface area contributed by atoms with Crippen LogP contribution in [0.25, 0.3) is 0 Å². The van der Waals surface area contributed by atoms with Gasteiger partial charge in [-0.25, -0.2) is 0 Å². The normalized spacial score (nSPS) is 27.2. The molecule has 114 valence electrons. The van der Waals surface area contributed by atoms with Crippen molar-refractivity contribution in [1.82, 2.24) is 4.90 Å². The zero-order chi connectivity index (χ0) is 14.5. The highest BCUT2D eigenvalue weighted by Crippen LogP contribution is 2.31. The highest BCUT2D eigenvalue weighted by atomic mass is 32.1. The fourth-order valence-electron chi connectivity index (χ4n) is 3.86. The number of hydrogen-bond donors (Lipinski definition) is 1. The van der Waals surface area contributed by atoms with Crippen molar-refractivity contribution in [3.8, 4) is 0 Å². The van der Waals surface area contributed by atoms with Gasteiger partial charge in [-0.15, -0.1) is 0 Å². The van der Waals surface area contributed by atoms with Gasteiger partial charge in [-0.3, -0.25) is 4.90 Å². The first-order chi connectivity index (χ1) is 10.3. The lowest BCUT2D eigenvalue weighted by Crippen LogP contribution is -2.48. The number of hydrogen-bond acceptors (Lipinski definition) is 2. The summed E-state index contributed by atoms with van der Waals surface area (Å²) in [5.41, 5.74) is 1.13. The highest BCUT2D eigenvalue weighted by Gasteiger charge is 2.33. The van der Waals surface area contributed by atoms with Gasteiger partial charge in [0.1, 0.15) is 0 Å². The van der Waals surface area contributed by atoms with Gasteiger partial charge < -0.3 is 5.32 Å². The molecule has 0 aromatic heterocycles. The molecule has 1 aromatic carbocycles. The zero-order valence-corrected chi connectivity index (χ0v) is 13.6. The molecule has 1 aliphatic carbocycles. The Hall–Kier alpha value is -0.930. The van der Waals surface area contributed by atoms with Crippen LogP contribution in [-0.4, -0.2) is 29.0 Å². The van der Waals surface area contributed by atoms with E-state index in [1.54, 1.807) is 0 Å². The summed E-state index contributed by atoms with van der Waals surface area (Å²) in [6, 6.07) is 11.0. The summed E-state index contributed by atoms with van der Waals surface area (Å²) in [7, 11) is 0. The second-order valence-corrected chi connectivity index (χ2v) is 6.85. The summed E-state index contributed by atoms with van der Waals surface area (Å²) in [6.07, 6.45) is 9.39. The molecule has 1 heterocycles. The summed E-state index contributed by atoms with van der Waals surface area (Å²) >= 11 is 5.76. The lowest BCUT2D eigenvalue weighted by atomic mass is 9.82.